The van der Waals surface area contributed by atoms with Crippen LogP contribution in [0.15, 0.2) is 18.2 Å². The number of aryl methyl sites for hydroxylation is 1. The van der Waals surface area contributed by atoms with Gasteiger partial charge in [0.25, 0.3) is 0 Å². The van der Waals surface area contributed by atoms with Gasteiger partial charge in [-0.1, -0.05) is 6.07 Å². The van der Waals surface area contributed by atoms with Crippen molar-refractivity contribution in [2.75, 3.05) is 6.54 Å². The van der Waals surface area contributed by atoms with Gasteiger partial charge in [0.05, 0.1) is 6.10 Å². The SMILES string of the molecule is Cc1cc(F)ccc1C1C[C@@H](O)CCN1. The lowest BCUT2D eigenvalue weighted by atomic mass is 9.93. The van der Waals surface area contributed by atoms with Crippen molar-refractivity contribution in [3.63, 3.8) is 0 Å². The minimum absolute atomic E-state index is 0.161. The molecule has 0 bridgehead atoms. The molecule has 0 radical (unpaired) electrons. The van der Waals surface area contributed by atoms with Crippen molar-refractivity contribution in [2.24, 2.45) is 0 Å². The van der Waals surface area contributed by atoms with Crippen LogP contribution in [0.4, 0.5) is 4.39 Å². The molecule has 15 heavy (non-hydrogen) atoms. The third-order valence-electron chi connectivity index (χ3n) is 2.98. The summed E-state index contributed by atoms with van der Waals surface area (Å²) in [5.74, 6) is -0.201. The molecule has 2 N–H and O–H groups in total. The first-order valence-corrected chi connectivity index (χ1v) is 5.34. The van der Waals surface area contributed by atoms with Crippen LogP contribution >= 0.6 is 0 Å². The van der Waals surface area contributed by atoms with E-state index in [2.05, 4.69) is 5.32 Å². The van der Waals surface area contributed by atoms with Gasteiger partial charge in [-0.2, -0.15) is 0 Å². The average molecular weight is 209 g/mol. The summed E-state index contributed by atoms with van der Waals surface area (Å²) in [6.07, 6.45) is 1.28. The molecule has 82 valence electrons. The summed E-state index contributed by atoms with van der Waals surface area (Å²) in [6.45, 7) is 2.73. The van der Waals surface area contributed by atoms with Crippen LogP contribution in [0.2, 0.25) is 0 Å². The Morgan fingerprint density at radius 1 is 1.47 bits per heavy atom. The molecule has 1 fully saturated rings. The van der Waals surface area contributed by atoms with E-state index in [1.165, 1.54) is 12.1 Å². The van der Waals surface area contributed by atoms with E-state index in [0.717, 1.165) is 24.1 Å². The number of hydrogen-bond acceptors (Lipinski definition) is 2. The molecule has 1 heterocycles. The molecule has 0 aliphatic carbocycles. The number of aliphatic hydroxyl groups is 1. The topological polar surface area (TPSA) is 32.3 Å². The number of halogens is 1. The molecule has 1 saturated heterocycles. The molecule has 2 rings (SSSR count). The van der Waals surface area contributed by atoms with Gasteiger partial charge in [-0.05, 0) is 49.6 Å². The fourth-order valence-electron chi connectivity index (χ4n) is 2.16. The zero-order chi connectivity index (χ0) is 10.8. The van der Waals surface area contributed by atoms with Crippen molar-refractivity contribution in [2.45, 2.75) is 31.9 Å². The van der Waals surface area contributed by atoms with Gasteiger partial charge >= 0.3 is 0 Å². The number of aliphatic hydroxyl groups excluding tert-OH is 1. The number of piperidine rings is 1. The zero-order valence-electron chi connectivity index (χ0n) is 8.83. The van der Waals surface area contributed by atoms with E-state index in [-0.39, 0.29) is 18.0 Å². The summed E-state index contributed by atoms with van der Waals surface area (Å²) in [7, 11) is 0. The van der Waals surface area contributed by atoms with Gasteiger partial charge in [-0.15, -0.1) is 0 Å². The highest BCUT2D eigenvalue weighted by Gasteiger charge is 2.21. The van der Waals surface area contributed by atoms with E-state index in [4.69, 9.17) is 0 Å². The Labute approximate surface area is 89.1 Å². The van der Waals surface area contributed by atoms with Gasteiger partial charge in [-0.25, -0.2) is 4.39 Å². The van der Waals surface area contributed by atoms with E-state index in [9.17, 15) is 9.50 Å². The van der Waals surface area contributed by atoms with Gasteiger partial charge in [0.15, 0.2) is 0 Å². The quantitative estimate of drug-likeness (QED) is 0.740. The van der Waals surface area contributed by atoms with Crippen molar-refractivity contribution in [1.82, 2.24) is 5.32 Å². The van der Waals surface area contributed by atoms with Crippen LogP contribution in [0.25, 0.3) is 0 Å². The van der Waals surface area contributed by atoms with E-state index in [0.29, 0.717) is 6.42 Å². The first kappa shape index (κ1) is 10.6. The van der Waals surface area contributed by atoms with Crippen molar-refractivity contribution >= 4 is 0 Å². The first-order valence-electron chi connectivity index (χ1n) is 5.34. The molecule has 1 unspecified atom stereocenters. The average Bonchev–Trinajstić information content (AvgIpc) is 2.17. The smallest absolute Gasteiger partial charge is 0.123 e. The normalized spacial score (nSPS) is 26.6. The maximum atomic E-state index is 12.9. The molecule has 1 aliphatic heterocycles. The fourth-order valence-corrected chi connectivity index (χ4v) is 2.16. The Bertz CT molecular complexity index is 353. The number of hydrogen-bond donors (Lipinski definition) is 2. The molecule has 0 amide bonds. The molecular formula is C12H16FNO. The van der Waals surface area contributed by atoms with E-state index >= 15 is 0 Å². The monoisotopic (exact) mass is 209 g/mol. The second-order valence-electron chi connectivity index (χ2n) is 4.19. The van der Waals surface area contributed by atoms with Crippen LogP contribution in [-0.2, 0) is 0 Å². The highest BCUT2D eigenvalue weighted by molar-refractivity contribution is 5.29. The third-order valence-corrected chi connectivity index (χ3v) is 2.98. The minimum atomic E-state index is -0.235. The second kappa shape index (κ2) is 4.29. The molecule has 1 aliphatic rings. The molecule has 3 heteroatoms. The van der Waals surface area contributed by atoms with Gasteiger partial charge in [0, 0.05) is 6.04 Å². The predicted octanol–water partition coefficient (Wildman–Crippen LogP) is 1.92. The Kier molecular flexibility index (Phi) is 3.03. The molecule has 1 aromatic carbocycles. The zero-order valence-corrected chi connectivity index (χ0v) is 8.83. The van der Waals surface area contributed by atoms with Gasteiger partial charge in [0.2, 0.25) is 0 Å². The summed E-state index contributed by atoms with van der Waals surface area (Å²) in [4.78, 5) is 0. The van der Waals surface area contributed by atoms with E-state index < -0.39 is 0 Å². The van der Waals surface area contributed by atoms with Gasteiger partial charge in [0.1, 0.15) is 5.82 Å². The number of rotatable bonds is 1. The molecule has 2 atom stereocenters. The summed E-state index contributed by atoms with van der Waals surface area (Å²) in [5.41, 5.74) is 2.04. The first-order chi connectivity index (χ1) is 7.16. The van der Waals surface area contributed by atoms with Crippen LogP contribution < -0.4 is 5.32 Å². The highest BCUT2D eigenvalue weighted by atomic mass is 19.1. The van der Waals surface area contributed by atoms with Crippen LogP contribution in [0.3, 0.4) is 0 Å². The van der Waals surface area contributed by atoms with Gasteiger partial charge < -0.3 is 10.4 Å². The summed E-state index contributed by atoms with van der Waals surface area (Å²) in [5, 5.41) is 12.9. The molecule has 0 saturated carbocycles. The Hall–Kier alpha value is -0.930. The van der Waals surface area contributed by atoms with Crippen LogP contribution in [0.1, 0.15) is 30.0 Å². The Morgan fingerprint density at radius 3 is 2.93 bits per heavy atom. The van der Waals surface area contributed by atoms with Crippen molar-refractivity contribution < 1.29 is 9.50 Å². The lowest BCUT2D eigenvalue weighted by Gasteiger charge is -2.28. The Morgan fingerprint density at radius 2 is 2.27 bits per heavy atom. The second-order valence-corrected chi connectivity index (χ2v) is 4.19. The fraction of sp³-hybridized carbons (Fsp3) is 0.500. The highest BCUT2D eigenvalue weighted by Crippen LogP contribution is 2.26. The Balaban J connectivity index is 2.21. The third kappa shape index (κ3) is 2.36. The number of nitrogens with one attached hydrogen (secondary N) is 1. The van der Waals surface area contributed by atoms with Crippen molar-refractivity contribution in [1.29, 1.82) is 0 Å². The maximum Gasteiger partial charge on any atom is 0.123 e. The van der Waals surface area contributed by atoms with Crippen LogP contribution in [0.5, 0.6) is 0 Å². The molecule has 0 spiro atoms. The van der Waals surface area contributed by atoms with Crippen LogP contribution in [-0.4, -0.2) is 17.8 Å². The summed E-state index contributed by atoms with van der Waals surface area (Å²) >= 11 is 0. The summed E-state index contributed by atoms with van der Waals surface area (Å²) < 4.78 is 12.9. The molecular weight excluding hydrogens is 193 g/mol. The molecule has 0 aromatic heterocycles. The van der Waals surface area contributed by atoms with Gasteiger partial charge in [-0.3, -0.25) is 0 Å². The van der Waals surface area contributed by atoms with Crippen molar-refractivity contribution in [3.8, 4) is 0 Å². The maximum absolute atomic E-state index is 12.9. The standard InChI is InChI=1S/C12H16FNO/c1-8-6-9(13)2-3-11(8)12-7-10(15)4-5-14-12/h2-3,6,10,12,14-15H,4-5,7H2,1H3/t10-,12?/m0/s1. The molecule has 1 aromatic rings. The van der Waals surface area contributed by atoms with E-state index in [1.807, 2.05) is 6.92 Å². The summed E-state index contributed by atoms with van der Waals surface area (Å²) in [6, 6.07) is 4.98. The van der Waals surface area contributed by atoms with Crippen molar-refractivity contribution in [3.05, 3.63) is 35.1 Å². The lowest BCUT2D eigenvalue weighted by Crippen LogP contribution is -2.34. The largest absolute Gasteiger partial charge is 0.393 e. The van der Waals surface area contributed by atoms with E-state index in [1.54, 1.807) is 6.07 Å². The molecule has 2 nitrogen and oxygen atoms in total. The predicted molar refractivity (Wildman–Crippen MR) is 57.1 cm³/mol. The van der Waals surface area contributed by atoms with Crippen LogP contribution in [0, 0.1) is 12.7 Å². The lowest BCUT2D eigenvalue weighted by molar-refractivity contribution is 0.116. The number of benzene rings is 1. The minimum Gasteiger partial charge on any atom is -0.393 e.